The fourth-order valence-corrected chi connectivity index (χ4v) is 2.77. The average Bonchev–Trinajstić information content (AvgIpc) is 2.88. The number of carboxylic acids is 1. The molecular formula is C14H11N3O3S. The van der Waals surface area contributed by atoms with Crippen LogP contribution < -0.4 is 4.74 Å². The molecule has 0 aliphatic carbocycles. The molecule has 6 nitrogen and oxygen atoms in total. The zero-order chi connectivity index (χ0) is 14.8. The fraction of sp³-hybridized carbons (Fsp3) is 0.0714. The van der Waals surface area contributed by atoms with Gasteiger partial charge in [-0.15, -0.1) is 0 Å². The number of hydrogen-bond donors (Lipinski definition) is 2. The van der Waals surface area contributed by atoms with E-state index in [1.165, 1.54) is 18.0 Å². The first-order chi connectivity index (χ1) is 10.2. The molecule has 0 radical (unpaired) electrons. The summed E-state index contributed by atoms with van der Waals surface area (Å²) in [5.41, 5.74) is 1.64. The van der Waals surface area contributed by atoms with Crippen LogP contribution in [-0.4, -0.2) is 33.1 Å². The Bertz CT molecular complexity index is 816. The lowest BCUT2D eigenvalue weighted by Gasteiger charge is -2.01. The summed E-state index contributed by atoms with van der Waals surface area (Å²) in [6.45, 7) is 0. The molecule has 2 N–H and O–H groups in total. The van der Waals surface area contributed by atoms with Gasteiger partial charge in [-0.25, -0.2) is 14.8 Å². The van der Waals surface area contributed by atoms with Crippen LogP contribution in [0.2, 0.25) is 0 Å². The molecule has 0 amide bonds. The van der Waals surface area contributed by atoms with Gasteiger partial charge in [0.1, 0.15) is 5.75 Å². The van der Waals surface area contributed by atoms with E-state index in [1.54, 1.807) is 19.2 Å². The van der Waals surface area contributed by atoms with Crippen molar-refractivity contribution in [2.45, 2.75) is 10.1 Å². The van der Waals surface area contributed by atoms with E-state index in [2.05, 4.69) is 15.0 Å². The van der Waals surface area contributed by atoms with Crippen molar-refractivity contribution in [2.75, 3.05) is 7.11 Å². The lowest BCUT2D eigenvalue weighted by atomic mass is 10.3. The third-order valence-corrected chi connectivity index (χ3v) is 3.78. The number of hydrogen-bond acceptors (Lipinski definition) is 5. The highest BCUT2D eigenvalue weighted by atomic mass is 32.2. The first-order valence-corrected chi connectivity index (χ1v) is 6.89. The number of aromatic carboxylic acids is 1. The van der Waals surface area contributed by atoms with Crippen LogP contribution in [0, 0.1) is 0 Å². The van der Waals surface area contributed by atoms with Gasteiger partial charge in [0.05, 0.1) is 18.1 Å². The number of H-pyrrole nitrogens is 1. The van der Waals surface area contributed by atoms with Crippen LogP contribution in [0.25, 0.3) is 11.0 Å². The van der Waals surface area contributed by atoms with E-state index >= 15 is 0 Å². The van der Waals surface area contributed by atoms with E-state index < -0.39 is 5.97 Å². The summed E-state index contributed by atoms with van der Waals surface area (Å²) in [6.07, 6.45) is 1.46. The molecule has 3 rings (SSSR count). The van der Waals surface area contributed by atoms with Crippen LogP contribution in [0.1, 0.15) is 10.5 Å². The number of pyridine rings is 1. The van der Waals surface area contributed by atoms with Crippen LogP contribution in [0.4, 0.5) is 0 Å². The van der Waals surface area contributed by atoms with Crippen molar-refractivity contribution in [3.8, 4) is 5.75 Å². The van der Waals surface area contributed by atoms with E-state index in [1.807, 2.05) is 18.2 Å². The molecule has 7 heteroatoms. The van der Waals surface area contributed by atoms with Gasteiger partial charge in [-0.05, 0) is 36.0 Å². The summed E-state index contributed by atoms with van der Waals surface area (Å²) >= 11 is 1.23. The molecule has 0 saturated heterocycles. The minimum absolute atomic E-state index is 0.0144. The van der Waals surface area contributed by atoms with Crippen molar-refractivity contribution < 1.29 is 14.6 Å². The predicted molar refractivity (Wildman–Crippen MR) is 78.0 cm³/mol. The van der Waals surface area contributed by atoms with E-state index in [4.69, 9.17) is 9.84 Å². The Morgan fingerprint density at radius 1 is 1.38 bits per heavy atom. The van der Waals surface area contributed by atoms with Crippen molar-refractivity contribution >= 4 is 28.8 Å². The minimum Gasteiger partial charge on any atom is -0.497 e. The van der Waals surface area contributed by atoms with Gasteiger partial charge in [-0.1, -0.05) is 0 Å². The minimum atomic E-state index is -1.06. The molecule has 106 valence electrons. The first-order valence-electron chi connectivity index (χ1n) is 6.07. The Labute approximate surface area is 124 Å². The number of aromatic amines is 1. The number of nitrogens with zero attached hydrogens (tertiary/aromatic N) is 2. The largest absolute Gasteiger partial charge is 0.497 e. The van der Waals surface area contributed by atoms with Gasteiger partial charge in [0.15, 0.2) is 10.9 Å². The van der Waals surface area contributed by atoms with Crippen molar-refractivity contribution in [3.63, 3.8) is 0 Å². The molecule has 0 fully saturated rings. The highest BCUT2D eigenvalue weighted by Crippen LogP contribution is 2.30. The Balaban J connectivity index is 1.97. The van der Waals surface area contributed by atoms with Crippen LogP contribution in [-0.2, 0) is 0 Å². The van der Waals surface area contributed by atoms with Crippen LogP contribution >= 0.6 is 11.8 Å². The summed E-state index contributed by atoms with van der Waals surface area (Å²) in [7, 11) is 1.60. The summed E-state index contributed by atoms with van der Waals surface area (Å²) in [4.78, 5) is 23.1. The molecule has 0 aliphatic rings. The van der Waals surface area contributed by atoms with Gasteiger partial charge in [0, 0.05) is 17.2 Å². The molecule has 1 aromatic carbocycles. The van der Waals surface area contributed by atoms with Crippen molar-refractivity contribution in [3.05, 3.63) is 42.2 Å². The Kier molecular flexibility index (Phi) is 3.49. The number of carboxylic acid groups (broad SMARTS) is 1. The Morgan fingerprint density at radius 2 is 2.24 bits per heavy atom. The molecule has 0 spiro atoms. The maximum atomic E-state index is 11.1. The smallest absolute Gasteiger partial charge is 0.355 e. The van der Waals surface area contributed by atoms with Crippen molar-refractivity contribution in [1.82, 2.24) is 15.0 Å². The molecule has 0 unspecified atom stereocenters. The van der Waals surface area contributed by atoms with E-state index in [0.29, 0.717) is 10.1 Å². The van der Waals surface area contributed by atoms with E-state index in [9.17, 15) is 4.79 Å². The van der Waals surface area contributed by atoms with Gasteiger partial charge < -0.3 is 14.8 Å². The second kappa shape index (κ2) is 5.45. The van der Waals surface area contributed by atoms with Gasteiger partial charge in [-0.2, -0.15) is 0 Å². The summed E-state index contributed by atoms with van der Waals surface area (Å²) in [6, 6.07) is 8.91. The molecule has 0 bridgehead atoms. The van der Waals surface area contributed by atoms with Crippen LogP contribution in [0.3, 0.4) is 0 Å². The highest BCUT2D eigenvalue weighted by Gasteiger charge is 2.14. The summed E-state index contributed by atoms with van der Waals surface area (Å²) < 4.78 is 5.16. The summed E-state index contributed by atoms with van der Waals surface area (Å²) in [5.74, 6) is -0.328. The second-order valence-electron chi connectivity index (χ2n) is 4.18. The van der Waals surface area contributed by atoms with Crippen LogP contribution in [0.5, 0.6) is 5.75 Å². The number of rotatable bonds is 4. The molecule has 0 saturated carbocycles. The molecule has 0 aliphatic heterocycles. The van der Waals surface area contributed by atoms with Gasteiger partial charge in [0.2, 0.25) is 0 Å². The Morgan fingerprint density at radius 3 is 3.00 bits per heavy atom. The molecular weight excluding hydrogens is 290 g/mol. The molecule has 2 aromatic heterocycles. The maximum Gasteiger partial charge on any atom is 0.355 e. The normalized spacial score (nSPS) is 10.7. The van der Waals surface area contributed by atoms with Gasteiger partial charge >= 0.3 is 5.97 Å². The van der Waals surface area contributed by atoms with Gasteiger partial charge in [-0.3, -0.25) is 0 Å². The number of imidazole rings is 1. The lowest BCUT2D eigenvalue weighted by Crippen LogP contribution is -2.01. The second-order valence-corrected chi connectivity index (χ2v) is 5.21. The monoisotopic (exact) mass is 301 g/mol. The lowest BCUT2D eigenvalue weighted by molar-refractivity contribution is 0.0686. The standard InChI is InChI=1S/C14H11N3O3S/c1-20-8-4-5-9-10(7-8)17-14(16-9)21-11-3-2-6-15-12(11)13(18)19/h2-7H,1H3,(H,16,17)(H,18,19). The highest BCUT2D eigenvalue weighted by molar-refractivity contribution is 7.99. The third kappa shape index (κ3) is 2.68. The number of carbonyl (C=O) groups is 1. The number of benzene rings is 1. The Hall–Kier alpha value is -2.54. The quantitative estimate of drug-likeness (QED) is 0.770. The van der Waals surface area contributed by atoms with Crippen molar-refractivity contribution in [1.29, 1.82) is 0 Å². The maximum absolute atomic E-state index is 11.1. The summed E-state index contributed by atoms with van der Waals surface area (Å²) in [5, 5.41) is 9.73. The van der Waals surface area contributed by atoms with E-state index in [-0.39, 0.29) is 5.69 Å². The zero-order valence-electron chi connectivity index (χ0n) is 11.0. The number of aromatic nitrogens is 3. The number of methoxy groups -OCH3 is 1. The third-order valence-electron chi connectivity index (χ3n) is 2.85. The predicted octanol–water partition coefficient (Wildman–Crippen LogP) is 2.82. The molecule has 0 atom stereocenters. The van der Waals surface area contributed by atoms with E-state index in [0.717, 1.165) is 16.8 Å². The number of ether oxygens (including phenoxy) is 1. The first kappa shape index (κ1) is 13.4. The zero-order valence-corrected chi connectivity index (χ0v) is 11.8. The molecule has 3 aromatic rings. The fourth-order valence-electron chi connectivity index (χ4n) is 1.88. The molecule has 2 heterocycles. The number of fused-ring (bicyclic) bond motifs is 1. The molecule has 21 heavy (non-hydrogen) atoms. The SMILES string of the molecule is COc1ccc2nc(Sc3cccnc3C(=O)O)[nH]c2c1. The van der Waals surface area contributed by atoms with Crippen LogP contribution in [0.15, 0.2) is 46.6 Å². The number of nitrogens with one attached hydrogen (secondary N) is 1. The average molecular weight is 301 g/mol. The van der Waals surface area contributed by atoms with Gasteiger partial charge in [0.25, 0.3) is 0 Å². The van der Waals surface area contributed by atoms with Crippen molar-refractivity contribution in [2.24, 2.45) is 0 Å². The topological polar surface area (TPSA) is 88.1 Å².